The molecule has 0 saturated carbocycles. The van der Waals surface area contributed by atoms with Gasteiger partial charge in [-0.25, -0.2) is 17.9 Å². The second-order valence-electron chi connectivity index (χ2n) is 7.30. The molecule has 0 bridgehead atoms. The Morgan fingerprint density at radius 3 is 2.18 bits per heavy atom. The van der Waals surface area contributed by atoms with Crippen LogP contribution in [0.15, 0.2) is 18.3 Å². The maximum Gasteiger partial charge on any atom is 0.303 e. The predicted octanol–water partition coefficient (Wildman–Crippen LogP) is 2.29. The lowest BCUT2D eigenvalue weighted by atomic mass is 9.96. The molecule has 1 saturated heterocycles. The summed E-state index contributed by atoms with van der Waals surface area (Å²) in [6.45, 7) is 3.02. The Labute approximate surface area is 195 Å². The highest BCUT2D eigenvalue weighted by molar-refractivity contribution is 6.20. The number of nitrogens with zero attached hydrogens (tertiary/aromatic N) is 3. The van der Waals surface area contributed by atoms with Gasteiger partial charge in [-0.05, 0) is 12.1 Å². The fourth-order valence-electron chi connectivity index (χ4n) is 3.43. The minimum absolute atomic E-state index is 0.0740. The Bertz CT molecular complexity index is 1080. The van der Waals surface area contributed by atoms with Gasteiger partial charge in [0.25, 0.3) is 0 Å². The normalized spacial score (nSPS) is 24.4. The molecule has 2 heterocycles. The Morgan fingerprint density at radius 1 is 1.03 bits per heavy atom. The van der Waals surface area contributed by atoms with Crippen molar-refractivity contribution in [1.29, 1.82) is 0 Å². The number of hydrogen-bond acceptors (Lipinski definition) is 9. The van der Waals surface area contributed by atoms with Crippen LogP contribution >= 0.6 is 11.6 Å². The molecule has 3 rings (SSSR count). The molecule has 0 radical (unpaired) electrons. The number of alkyl halides is 1. The lowest BCUT2D eigenvalue weighted by Crippen LogP contribution is -2.57. The van der Waals surface area contributed by atoms with Gasteiger partial charge < -0.3 is 18.9 Å². The molecule has 0 aliphatic carbocycles. The van der Waals surface area contributed by atoms with E-state index in [-0.39, 0.29) is 17.9 Å². The number of carbonyl (C=O) groups is 3. The SMILES string of the molecule is CC(=O)OCC1OC(Cl)C(OC(C)=O)C(n2cc(-c3cc(F)c(F)c(F)c3)nn2)C1OC(C)=O. The lowest BCUT2D eigenvalue weighted by molar-refractivity contribution is -0.213. The molecular weight excluding hydrogens is 487 g/mol. The number of aromatic nitrogens is 3. The average molecular weight is 506 g/mol. The van der Waals surface area contributed by atoms with Gasteiger partial charge in [0.1, 0.15) is 24.4 Å². The number of benzene rings is 1. The van der Waals surface area contributed by atoms with Crippen LogP contribution in [0.25, 0.3) is 11.3 Å². The highest BCUT2D eigenvalue weighted by Crippen LogP contribution is 2.36. The maximum atomic E-state index is 13.7. The Kier molecular flexibility index (Phi) is 7.77. The van der Waals surface area contributed by atoms with Crippen LogP contribution in [-0.4, -0.2) is 63.4 Å². The molecule has 0 spiro atoms. The highest BCUT2D eigenvalue weighted by atomic mass is 35.5. The number of hydrogen-bond donors (Lipinski definition) is 0. The van der Waals surface area contributed by atoms with E-state index < -0.39 is 65.3 Å². The van der Waals surface area contributed by atoms with Crippen LogP contribution in [0.2, 0.25) is 0 Å². The molecule has 2 aromatic rings. The third-order valence-corrected chi connectivity index (χ3v) is 5.10. The topological polar surface area (TPSA) is 119 Å². The van der Waals surface area contributed by atoms with Gasteiger partial charge in [-0.15, -0.1) is 5.10 Å². The van der Waals surface area contributed by atoms with E-state index in [2.05, 4.69) is 10.3 Å². The molecule has 184 valence electrons. The molecule has 1 aliphatic rings. The zero-order valence-electron chi connectivity index (χ0n) is 18.0. The number of halogens is 4. The Balaban J connectivity index is 2.05. The summed E-state index contributed by atoms with van der Waals surface area (Å²) in [7, 11) is 0. The number of rotatable bonds is 6. The minimum Gasteiger partial charge on any atom is -0.463 e. The summed E-state index contributed by atoms with van der Waals surface area (Å²) in [5.74, 6) is -6.65. The second-order valence-corrected chi connectivity index (χ2v) is 7.73. The van der Waals surface area contributed by atoms with Crippen molar-refractivity contribution in [2.24, 2.45) is 0 Å². The van der Waals surface area contributed by atoms with E-state index in [9.17, 15) is 27.6 Å². The van der Waals surface area contributed by atoms with E-state index in [1.807, 2.05) is 0 Å². The molecule has 1 fully saturated rings. The molecule has 10 nitrogen and oxygen atoms in total. The van der Waals surface area contributed by atoms with E-state index in [1.54, 1.807) is 0 Å². The molecule has 5 unspecified atom stereocenters. The van der Waals surface area contributed by atoms with Gasteiger partial charge in [0, 0.05) is 26.3 Å². The fraction of sp³-hybridized carbons (Fsp3) is 0.450. The monoisotopic (exact) mass is 505 g/mol. The van der Waals surface area contributed by atoms with E-state index in [0.717, 1.165) is 37.6 Å². The Hall–Kier alpha value is -3.19. The summed E-state index contributed by atoms with van der Waals surface area (Å²) in [6.07, 6.45) is -2.40. The third kappa shape index (κ3) is 5.65. The third-order valence-electron chi connectivity index (χ3n) is 4.75. The van der Waals surface area contributed by atoms with Crippen LogP contribution < -0.4 is 0 Å². The maximum absolute atomic E-state index is 13.7. The van der Waals surface area contributed by atoms with Crippen molar-refractivity contribution < 1.29 is 46.5 Å². The molecule has 0 N–H and O–H groups in total. The number of carbonyl (C=O) groups excluding carboxylic acids is 3. The van der Waals surface area contributed by atoms with E-state index in [4.69, 9.17) is 30.5 Å². The summed E-state index contributed by atoms with van der Waals surface area (Å²) in [4.78, 5) is 34.8. The van der Waals surface area contributed by atoms with Crippen LogP contribution in [0.3, 0.4) is 0 Å². The van der Waals surface area contributed by atoms with Gasteiger partial charge in [0.2, 0.25) is 0 Å². The smallest absolute Gasteiger partial charge is 0.303 e. The van der Waals surface area contributed by atoms with Crippen molar-refractivity contribution in [3.63, 3.8) is 0 Å². The van der Waals surface area contributed by atoms with Crippen molar-refractivity contribution in [2.75, 3.05) is 6.61 Å². The molecule has 0 amide bonds. The van der Waals surface area contributed by atoms with Crippen molar-refractivity contribution >= 4 is 29.5 Å². The largest absolute Gasteiger partial charge is 0.463 e. The van der Waals surface area contributed by atoms with Crippen LogP contribution in [0.4, 0.5) is 13.2 Å². The van der Waals surface area contributed by atoms with Gasteiger partial charge in [0.05, 0.1) is 6.20 Å². The number of esters is 3. The predicted molar refractivity (Wildman–Crippen MR) is 107 cm³/mol. The molecule has 34 heavy (non-hydrogen) atoms. The minimum atomic E-state index is -1.65. The van der Waals surface area contributed by atoms with Gasteiger partial charge in [-0.2, -0.15) is 0 Å². The molecule has 1 aliphatic heterocycles. The first-order valence-corrected chi connectivity index (χ1v) is 10.3. The van der Waals surface area contributed by atoms with Gasteiger partial charge >= 0.3 is 17.9 Å². The Morgan fingerprint density at radius 2 is 1.62 bits per heavy atom. The zero-order chi connectivity index (χ0) is 25.2. The molecule has 1 aromatic heterocycles. The van der Waals surface area contributed by atoms with Crippen LogP contribution in [0.1, 0.15) is 26.8 Å². The first kappa shape index (κ1) is 25.4. The first-order valence-electron chi connectivity index (χ1n) is 9.82. The van der Waals surface area contributed by atoms with Crippen molar-refractivity contribution in [3.8, 4) is 11.3 Å². The van der Waals surface area contributed by atoms with E-state index in [1.165, 1.54) is 6.20 Å². The summed E-state index contributed by atoms with van der Waals surface area (Å²) in [5.41, 5.74) is -1.51. The molecule has 14 heteroatoms. The first-order chi connectivity index (χ1) is 16.0. The molecule has 1 aromatic carbocycles. The molecule has 5 atom stereocenters. The second kappa shape index (κ2) is 10.4. The van der Waals surface area contributed by atoms with E-state index >= 15 is 0 Å². The summed E-state index contributed by atoms with van der Waals surface area (Å²) >= 11 is 6.28. The number of ether oxygens (including phenoxy) is 4. The van der Waals surface area contributed by atoms with Crippen LogP contribution in [0.5, 0.6) is 0 Å². The van der Waals surface area contributed by atoms with Crippen LogP contribution in [-0.2, 0) is 33.3 Å². The highest BCUT2D eigenvalue weighted by Gasteiger charge is 2.51. The summed E-state index contributed by atoms with van der Waals surface area (Å²) in [5, 5.41) is 7.73. The zero-order valence-corrected chi connectivity index (χ0v) is 18.8. The van der Waals surface area contributed by atoms with Crippen molar-refractivity contribution in [2.45, 2.75) is 50.7 Å². The van der Waals surface area contributed by atoms with Crippen LogP contribution in [0, 0.1) is 17.5 Å². The standard InChI is InChI=1S/C20H19ClF3N3O7/c1-8(28)31-7-15-18(32-9(2)29)17(19(20(21)34-15)33-10(3)30)27-6-14(25-26-27)11-4-12(22)16(24)13(23)5-11/h4-6,15,17-20H,7H2,1-3H3. The van der Waals surface area contributed by atoms with Gasteiger partial charge in [0.15, 0.2) is 35.2 Å². The van der Waals surface area contributed by atoms with Gasteiger partial charge in [-0.1, -0.05) is 16.8 Å². The average Bonchev–Trinajstić information content (AvgIpc) is 3.22. The summed E-state index contributed by atoms with van der Waals surface area (Å²) in [6, 6.07) is 0.288. The quantitative estimate of drug-likeness (QED) is 0.252. The van der Waals surface area contributed by atoms with E-state index in [0.29, 0.717) is 0 Å². The lowest BCUT2D eigenvalue weighted by Gasteiger charge is -2.43. The fourth-order valence-corrected chi connectivity index (χ4v) is 3.76. The molecular formula is C20H19ClF3N3O7. The van der Waals surface area contributed by atoms with Crippen molar-refractivity contribution in [3.05, 3.63) is 35.8 Å². The van der Waals surface area contributed by atoms with Gasteiger partial charge in [-0.3, -0.25) is 14.4 Å². The summed E-state index contributed by atoms with van der Waals surface area (Å²) < 4.78 is 63.0. The van der Waals surface area contributed by atoms with Crippen molar-refractivity contribution in [1.82, 2.24) is 15.0 Å².